The summed E-state index contributed by atoms with van der Waals surface area (Å²) in [4.78, 5) is 23.4. The topological polar surface area (TPSA) is 68.9 Å². The number of nitrogens with zero attached hydrogens (tertiary/aromatic N) is 3. The molecule has 0 aromatic carbocycles. The maximum absolute atomic E-state index is 11.9. The maximum atomic E-state index is 11.9. The van der Waals surface area contributed by atoms with Crippen LogP contribution in [-0.2, 0) is 14.1 Å². The van der Waals surface area contributed by atoms with E-state index in [1.807, 2.05) is 0 Å². The zero-order chi connectivity index (χ0) is 12.6. The number of hydrogen-bond acceptors (Lipinski definition) is 4. The third kappa shape index (κ3) is 2.11. The number of anilines is 1. The van der Waals surface area contributed by atoms with Crippen LogP contribution in [0.1, 0.15) is 32.6 Å². The van der Waals surface area contributed by atoms with Crippen molar-refractivity contribution in [2.24, 2.45) is 14.1 Å². The Kier molecular flexibility index (Phi) is 2.81. The average Bonchev–Trinajstić information content (AvgIpc) is 2.70. The van der Waals surface area contributed by atoms with Crippen molar-refractivity contribution in [3.8, 4) is 0 Å². The first-order valence-electron chi connectivity index (χ1n) is 5.85. The fraction of sp³-hybridized carbons (Fsp3) is 0.727. The van der Waals surface area contributed by atoms with Crippen LogP contribution in [0.2, 0.25) is 0 Å². The van der Waals surface area contributed by atoms with E-state index in [-0.39, 0.29) is 16.9 Å². The third-order valence-electron chi connectivity index (χ3n) is 3.45. The van der Waals surface area contributed by atoms with Gasteiger partial charge in [0.1, 0.15) is 0 Å². The Hall–Kier alpha value is -1.59. The fourth-order valence-electron chi connectivity index (χ4n) is 2.34. The van der Waals surface area contributed by atoms with Crippen LogP contribution in [0.5, 0.6) is 0 Å². The predicted molar refractivity (Wildman–Crippen MR) is 65.2 cm³/mol. The molecular formula is C11H18N4O2. The van der Waals surface area contributed by atoms with Crippen LogP contribution in [0.4, 0.5) is 5.82 Å². The second kappa shape index (κ2) is 4.01. The average molecular weight is 238 g/mol. The lowest BCUT2D eigenvalue weighted by atomic mass is 10.0. The monoisotopic (exact) mass is 238 g/mol. The molecule has 6 heteroatoms. The van der Waals surface area contributed by atoms with Crippen molar-refractivity contribution in [1.82, 2.24) is 14.3 Å². The van der Waals surface area contributed by atoms with Gasteiger partial charge >= 0.3 is 5.69 Å². The lowest BCUT2D eigenvalue weighted by molar-refractivity contribution is 0.517. The van der Waals surface area contributed by atoms with Crippen LogP contribution in [0.3, 0.4) is 0 Å². The van der Waals surface area contributed by atoms with Crippen molar-refractivity contribution in [2.45, 2.75) is 38.1 Å². The number of hydrogen-bond donors (Lipinski definition) is 1. The number of rotatable bonds is 2. The Bertz CT molecular complexity index is 537. The minimum Gasteiger partial charge on any atom is -0.359 e. The van der Waals surface area contributed by atoms with Crippen LogP contribution in [0.25, 0.3) is 0 Å². The molecule has 1 heterocycles. The molecule has 1 fully saturated rings. The Morgan fingerprint density at radius 3 is 2.41 bits per heavy atom. The molecule has 0 aliphatic heterocycles. The predicted octanol–water partition coefficient (Wildman–Crippen LogP) is 0.224. The third-order valence-corrected chi connectivity index (χ3v) is 3.45. The maximum Gasteiger partial charge on any atom is 0.346 e. The van der Waals surface area contributed by atoms with Gasteiger partial charge in [0.2, 0.25) is 5.82 Å². The molecule has 2 rings (SSSR count). The van der Waals surface area contributed by atoms with E-state index >= 15 is 0 Å². The highest BCUT2D eigenvalue weighted by atomic mass is 16.2. The summed E-state index contributed by atoms with van der Waals surface area (Å²) in [6.45, 7) is 2.09. The van der Waals surface area contributed by atoms with Crippen LogP contribution in [0, 0.1) is 0 Å². The minimum absolute atomic E-state index is 0.0729. The summed E-state index contributed by atoms with van der Waals surface area (Å²) in [5, 5.41) is 7.19. The normalized spacial score (nSPS) is 18.3. The summed E-state index contributed by atoms with van der Waals surface area (Å²) in [6, 6.07) is 0. The van der Waals surface area contributed by atoms with E-state index in [0.29, 0.717) is 0 Å². The molecule has 94 valence electrons. The highest BCUT2D eigenvalue weighted by molar-refractivity contribution is 5.34. The molecule has 1 aromatic rings. The van der Waals surface area contributed by atoms with Gasteiger partial charge in [0.25, 0.3) is 5.56 Å². The van der Waals surface area contributed by atoms with Gasteiger partial charge in [-0.3, -0.25) is 9.36 Å². The molecule has 1 aliphatic carbocycles. The molecule has 1 aliphatic rings. The van der Waals surface area contributed by atoms with E-state index in [4.69, 9.17) is 0 Å². The molecule has 0 radical (unpaired) electrons. The van der Waals surface area contributed by atoms with E-state index in [9.17, 15) is 9.59 Å². The summed E-state index contributed by atoms with van der Waals surface area (Å²) in [7, 11) is 3.01. The first-order chi connectivity index (χ1) is 7.93. The van der Waals surface area contributed by atoms with Gasteiger partial charge in [-0.25, -0.2) is 9.48 Å². The number of aryl methyl sites for hydroxylation is 1. The van der Waals surface area contributed by atoms with Gasteiger partial charge < -0.3 is 5.32 Å². The van der Waals surface area contributed by atoms with Gasteiger partial charge in [0, 0.05) is 19.6 Å². The smallest absolute Gasteiger partial charge is 0.346 e. The van der Waals surface area contributed by atoms with Crippen LogP contribution in [0.15, 0.2) is 9.59 Å². The molecule has 0 amide bonds. The molecule has 0 spiro atoms. The molecule has 17 heavy (non-hydrogen) atoms. The van der Waals surface area contributed by atoms with Gasteiger partial charge in [-0.2, -0.15) is 0 Å². The molecular weight excluding hydrogens is 220 g/mol. The van der Waals surface area contributed by atoms with Gasteiger partial charge in [-0.15, -0.1) is 5.10 Å². The number of nitrogens with one attached hydrogen (secondary N) is 1. The quantitative estimate of drug-likeness (QED) is 0.800. The second-order valence-electron chi connectivity index (χ2n) is 5.01. The SMILES string of the molecule is Cn1nc(NC2(C)CCCC2)c(=O)n(C)c1=O. The highest BCUT2D eigenvalue weighted by Gasteiger charge is 2.29. The van der Waals surface area contributed by atoms with Crippen molar-refractivity contribution >= 4 is 5.82 Å². The first kappa shape index (κ1) is 11.9. The van der Waals surface area contributed by atoms with E-state index in [1.54, 1.807) is 7.05 Å². The Morgan fingerprint density at radius 1 is 1.24 bits per heavy atom. The highest BCUT2D eigenvalue weighted by Crippen LogP contribution is 2.31. The number of aromatic nitrogens is 3. The van der Waals surface area contributed by atoms with Crippen molar-refractivity contribution in [2.75, 3.05) is 5.32 Å². The first-order valence-corrected chi connectivity index (χ1v) is 5.85. The fourth-order valence-corrected chi connectivity index (χ4v) is 2.34. The lowest BCUT2D eigenvalue weighted by Crippen LogP contribution is -2.43. The van der Waals surface area contributed by atoms with Gasteiger partial charge in [-0.05, 0) is 19.8 Å². The molecule has 6 nitrogen and oxygen atoms in total. The van der Waals surface area contributed by atoms with Gasteiger partial charge in [0.05, 0.1) is 0 Å². The molecule has 1 N–H and O–H groups in total. The van der Waals surface area contributed by atoms with Gasteiger partial charge in [0.15, 0.2) is 0 Å². The molecule has 0 atom stereocenters. The van der Waals surface area contributed by atoms with Crippen molar-refractivity contribution < 1.29 is 0 Å². The van der Waals surface area contributed by atoms with Crippen LogP contribution < -0.4 is 16.6 Å². The van der Waals surface area contributed by atoms with E-state index in [2.05, 4.69) is 17.3 Å². The standard InChI is InChI=1S/C11H18N4O2/c1-11(6-4-5-7-11)12-8-9(16)14(2)10(17)15(3)13-8/h4-7H2,1-3H3,(H,12,13). The Labute approximate surface area is 99.3 Å². The summed E-state index contributed by atoms with van der Waals surface area (Å²) in [5.74, 6) is 0.263. The zero-order valence-corrected chi connectivity index (χ0v) is 10.5. The van der Waals surface area contributed by atoms with Gasteiger partial charge in [-0.1, -0.05) is 12.8 Å². The Morgan fingerprint density at radius 2 is 1.82 bits per heavy atom. The lowest BCUT2D eigenvalue weighted by Gasteiger charge is -2.25. The molecule has 0 unspecified atom stereocenters. The minimum atomic E-state index is -0.405. The van der Waals surface area contributed by atoms with E-state index in [1.165, 1.54) is 11.7 Å². The van der Waals surface area contributed by atoms with Crippen molar-refractivity contribution in [1.29, 1.82) is 0 Å². The summed E-state index contributed by atoms with van der Waals surface area (Å²) in [5.41, 5.74) is -0.838. The molecule has 1 aromatic heterocycles. The summed E-state index contributed by atoms with van der Waals surface area (Å²) in [6.07, 6.45) is 4.38. The second-order valence-corrected chi connectivity index (χ2v) is 5.01. The van der Waals surface area contributed by atoms with Crippen molar-refractivity contribution in [3.63, 3.8) is 0 Å². The van der Waals surface area contributed by atoms with Crippen molar-refractivity contribution in [3.05, 3.63) is 20.8 Å². The Balaban J connectivity index is 2.40. The van der Waals surface area contributed by atoms with Crippen LogP contribution >= 0.6 is 0 Å². The molecule has 0 saturated heterocycles. The molecule has 0 bridgehead atoms. The zero-order valence-electron chi connectivity index (χ0n) is 10.5. The molecule has 1 saturated carbocycles. The summed E-state index contributed by atoms with van der Waals surface area (Å²) >= 11 is 0. The van der Waals surface area contributed by atoms with E-state index in [0.717, 1.165) is 30.3 Å². The largest absolute Gasteiger partial charge is 0.359 e. The van der Waals surface area contributed by atoms with Crippen LogP contribution in [-0.4, -0.2) is 19.9 Å². The summed E-state index contributed by atoms with van der Waals surface area (Å²) < 4.78 is 2.26. The van der Waals surface area contributed by atoms with E-state index < -0.39 is 5.69 Å².